The largest absolute Gasteiger partial charge is 0.458 e. The summed E-state index contributed by atoms with van der Waals surface area (Å²) in [7, 11) is 0. The number of benzene rings is 4. The molecule has 4 aromatic carbocycles. The number of nitrogens with zero attached hydrogens (tertiary/aromatic N) is 1. The molecule has 0 saturated carbocycles. The van der Waals surface area contributed by atoms with Crippen LogP contribution in [0.5, 0.6) is 11.5 Å². The maximum absolute atomic E-state index is 6.37. The highest BCUT2D eigenvalue weighted by molar-refractivity contribution is 6.99. The van der Waals surface area contributed by atoms with Crippen LogP contribution in [-0.2, 0) is 0 Å². The summed E-state index contributed by atoms with van der Waals surface area (Å²) in [6.07, 6.45) is 0. The predicted octanol–water partition coefficient (Wildman–Crippen LogP) is 4.03. The standard InChI is InChI=1S/C25H16BNO/c1-15-10-12-20-17(14-15)16-11-13-23-24-25(16)27(20)21-8-4-2-6-18(21)26(24)19-7-3-5-9-22(19)28-23/h2-14H,1H3. The zero-order chi connectivity index (χ0) is 18.4. The van der Waals surface area contributed by atoms with E-state index in [1.807, 2.05) is 0 Å². The normalized spacial score (nSPS) is 13.4. The molecule has 5 aromatic rings. The van der Waals surface area contributed by atoms with Crippen molar-refractivity contribution in [3.8, 4) is 17.2 Å². The first-order valence-corrected chi connectivity index (χ1v) is 9.75. The van der Waals surface area contributed by atoms with Gasteiger partial charge in [0, 0.05) is 16.5 Å². The molecule has 2 aliphatic rings. The van der Waals surface area contributed by atoms with Crippen molar-refractivity contribution < 1.29 is 4.74 Å². The lowest BCUT2D eigenvalue weighted by atomic mass is 9.34. The molecule has 130 valence electrons. The van der Waals surface area contributed by atoms with Crippen LogP contribution < -0.4 is 21.1 Å². The number of rotatable bonds is 0. The summed E-state index contributed by atoms with van der Waals surface area (Å²) in [6, 6.07) is 28.4. The molecule has 0 N–H and O–H groups in total. The average molecular weight is 357 g/mol. The maximum atomic E-state index is 6.37. The van der Waals surface area contributed by atoms with Crippen molar-refractivity contribution in [1.29, 1.82) is 0 Å². The fraction of sp³-hybridized carbons (Fsp3) is 0.0400. The van der Waals surface area contributed by atoms with Crippen LogP contribution in [0, 0.1) is 6.92 Å². The molecular formula is C25H16BNO. The Balaban J connectivity index is 1.76. The lowest BCUT2D eigenvalue weighted by Gasteiger charge is -2.32. The lowest BCUT2D eigenvalue weighted by molar-refractivity contribution is 0.488. The molecule has 0 spiro atoms. The first-order valence-electron chi connectivity index (χ1n) is 9.75. The van der Waals surface area contributed by atoms with E-state index in [-0.39, 0.29) is 6.71 Å². The third kappa shape index (κ3) is 1.61. The molecule has 1 aromatic heterocycles. The first kappa shape index (κ1) is 14.6. The Bertz CT molecular complexity index is 1460. The Hall–Kier alpha value is -3.46. The van der Waals surface area contributed by atoms with Gasteiger partial charge >= 0.3 is 0 Å². The Kier molecular flexibility index (Phi) is 2.54. The second-order valence-corrected chi connectivity index (χ2v) is 7.86. The fourth-order valence-electron chi connectivity index (χ4n) is 5.19. The summed E-state index contributed by atoms with van der Waals surface area (Å²) < 4.78 is 8.80. The first-order chi connectivity index (χ1) is 13.8. The van der Waals surface area contributed by atoms with Gasteiger partial charge in [0.2, 0.25) is 0 Å². The smallest absolute Gasteiger partial charge is 0.256 e. The molecule has 0 unspecified atom stereocenters. The summed E-state index contributed by atoms with van der Waals surface area (Å²) in [4.78, 5) is 0. The molecule has 7 rings (SSSR count). The minimum absolute atomic E-state index is 0.206. The van der Waals surface area contributed by atoms with E-state index in [0.29, 0.717) is 0 Å². The zero-order valence-corrected chi connectivity index (χ0v) is 15.4. The van der Waals surface area contributed by atoms with Crippen molar-refractivity contribution in [2.75, 3.05) is 0 Å². The van der Waals surface area contributed by atoms with Gasteiger partial charge < -0.3 is 9.30 Å². The van der Waals surface area contributed by atoms with Crippen LogP contribution >= 0.6 is 0 Å². The Morgan fingerprint density at radius 1 is 0.750 bits per heavy atom. The molecule has 0 atom stereocenters. The van der Waals surface area contributed by atoms with E-state index in [1.165, 1.54) is 49.4 Å². The Labute approximate surface area is 163 Å². The van der Waals surface area contributed by atoms with Gasteiger partial charge in [0.05, 0.1) is 11.0 Å². The number of para-hydroxylation sites is 2. The van der Waals surface area contributed by atoms with Gasteiger partial charge in [-0.1, -0.05) is 48.0 Å². The van der Waals surface area contributed by atoms with E-state index in [4.69, 9.17) is 4.74 Å². The number of fused-ring (bicyclic) bond motifs is 8. The third-order valence-electron chi connectivity index (χ3n) is 6.31. The number of aromatic nitrogens is 1. The summed E-state index contributed by atoms with van der Waals surface area (Å²) >= 11 is 0. The number of hydrogen-bond donors (Lipinski definition) is 0. The molecule has 28 heavy (non-hydrogen) atoms. The van der Waals surface area contributed by atoms with Crippen molar-refractivity contribution in [2.24, 2.45) is 0 Å². The molecular weight excluding hydrogens is 341 g/mol. The topological polar surface area (TPSA) is 14.2 Å². The van der Waals surface area contributed by atoms with Gasteiger partial charge in [-0.2, -0.15) is 0 Å². The van der Waals surface area contributed by atoms with E-state index >= 15 is 0 Å². The van der Waals surface area contributed by atoms with E-state index in [0.717, 1.165) is 11.5 Å². The SMILES string of the molecule is Cc1ccc2c(c1)c1ccc3c4c1n2-c1ccccc1B4c1ccccc1O3. The van der Waals surface area contributed by atoms with Crippen molar-refractivity contribution in [3.63, 3.8) is 0 Å². The second-order valence-electron chi connectivity index (χ2n) is 7.86. The van der Waals surface area contributed by atoms with Crippen LogP contribution in [0.25, 0.3) is 27.5 Å². The zero-order valence-electron chi connectivity index (χ0n) is 15.4. The van der Waals surface area contributed by atoms with Crippen LogP contribution in [0.3, 0.4) is 0 Å². The molecule has 0 bridgehead atoms. The summed E-state index contributed by atoms with van der Waals surface area (Å²) in [6.45, 7) is 2.37. The molecule has 2 aliphatic heterocycles. The van der Waals surface area contributed by atoms with Crippen LogP contribution in [0.1, 0.15) is 5.56 Å². The molecule has 3 heterocycles. The third-order valence-corrected chi connectivity index (χ3v) is 6.31. The highest BCUT2D eigenvalue weighted by atomic mass is 16.5. The summed E-state index contributed by atoms with van der Waals surface area (Å²) in [5, 5.41) is 2.62. The predicted molar refractivity (Wildman–Crippen MR) is 117 cm³/mol. The minimum atomic E-state index is 0.206. The molecule has 0 amide bonds. The van der Waals surface area contributed by atoms with Crippen LogP contribution in [0.4, 0.5) is 0 Å². The second kappa shape index (κ2) is 4.88. The summed E-state index contributed by atoms with van der Waals surface area (Å²) in [5.74, 6) is 1.95. The van der Waals surface area contributed by atoms with Crippen LogP contribution in [0.2, 0.25) is 0 Å². The minimum Gasteiger partial charge on any atom is -0.458 e. The van der Waals surface area contributed by atoms with Gasteiger partial charge in [0.25, 0.3) is 6.71 Å². The Morgan fingerprint density at radius 2 is 1.57 bits per heavy atom. The molecule has 0 radical (unpaired) electrons. The van der Waals surface area contributed by atoms with E-state index < -0.39 is 0 Å². The molecule has 2 nitrogen and oxygen atoms in total. The van der Waals surface area contributed by atoms with Gasteiger partial charge in [0.15, 0.2) is 0 Å². The fourth-order valence-corrected chi connectivity index (χ4v) is 5.19. The Morgan fingerprint density at radius 3 is 2.50 bits per heavy atom. The van der Waals surface area contributed by atoms with E-state index in [9.17, 15) is 0 Å². The van der Waals surface area contributed by atoms with E-state index in [2.05, 4.69) is 90.4 Å². The number of aryl methyl sites for hydroxylation is 1. The van der Waals surface area contributed by atoms with Crippen molar-refractivity contribution in [3.05, 3.63) is 84.4 Å². The van der Waals surface area contributed by atoms with Gasteiger partial charge in [-0.3, -0.25) is 0 Å². The van der Waals surface area contributed by atoms with Crippen molar-refractivity contribution >= 4 is 44.9 Å². The quantitative estimate of drug-likeness (QED) is 0.374. The number of ether oxygens (including phenoxy) is 1. The lowest BCUT2D eigenvalue weighted by Crippen LogP contribution is -2.58. The average Bonchev–Trinajstić information content (AvgIpc) is 3.06. The van der Waals surface area contributed by atoms with Gasteiger partial charge in [0.1, 0.15) is 11.5 Å². The van der Waals surface area contributed by atoms with E-state index in [1.54, 1.807) is 0 Å². The maximum Gasteiger partial charge on any atom is 0.256 e. The van der Waals surface area contributed by atoms with Crippen molar-refractivity contribution in [1.82, 2.24) is 4.57 Å². The highest BCUT2D eigenvalue weighted by Gasteiger charge is 2.39. The van der Waals surface area contributed by atoms with Gasteiger partial charge in [-0.15, -0.1) is 0 Å². The molecule has 0 fully saturated rings. The monoisotopic (exact) mass is 357 g/mol. The van der Waals surface area contributed by atoms with Gasteiger partial charge in [-0.05, 0) is 59.7 Å². The molecule has 3 heteroatoms. The van der Waals surface area contributed by atoms with Gasteiger partial charge in [-0.25, -0.2) is 0 Å². The number of hydrogen-bond acceptors (Lipinski definition) is 1. The van der Waals surface area contributed by atoms with Crippen molar-refractivity contribution in [2.45, 2.75) is 6.92 Å². The van der Waals surface area contributed by atoms with Crippen LogP contribution in [0.15, 0.2) is 78.9 Å². The van der Waals surface area contributed by atoms with Crippen LogP contribution in [-0.4, -0.2) is 11.3 Å². The molecule has 0 saturated heterocycles. The highest BCUT2D eigenvalue weighted by Crippen LogP contribution is 2.38. The molecule has 0 aliphatic carbocycles. The summed E-state index contributed by atoms with van der Waals surface area (Å²) in [5.41, 5.74) is 9.01.